The summed E-state index contributed by atoms with van der Waals surface area (Å²) in [6.45, 7) is 5.29. The van der Waals surface area contributed by atoms with Crippen LogP contribution in [0.3, 0.4) is 0 Å². The zero-order valence-corrected chi connectivity index (χ0v) is 4.81. The van der Waals surface area contributed by atoms with E-state index in [1.165, 1.54) is 0 Å². The van der Waals surface area contributed by atoms with Crippen LogP contribution in [0.25, 0.3) is 0 Å². The van der Waals surface area contributed by atoms with Crippen molar-refractivity contribution in [3.8, 4) is 0 Å². The summed E-state index contributed by atoms with van der Waals surface area (Å²) < 4.78 is 0. The molecule has 0 aliphatic carbocycles. The fourth-order valence-electron chi connectivity index (χ4n) is 0.638. The van der Waals surface area contributed by atoms with Crippen molar-refractivity contribution in [3.05, 3.63) is 6.67 Å². The van der Waals surface area contributed by atoms with Gasteiger partial charge >= 0.3 is 0 Å². The SMILES string of the molecule is CC1CN[CH]N1C. The van der Waals surface area contributed by atoms with Crippen LogP contribution in [-0.4, -0.2) is 24.5 Å². The van der Waals surface area contributed by atoms with E-state index in [2.05, 4.69) is 24.2 Å². The summed E-state index contributed by atoms with van der Waals surface area (Å²) in [5.74, 6) is 0. The molecule has 0 spiro atoms. The van der Waals surface area contributed by atoms with E-state index >= 15 is 0 Å². The van der Waals surface area contributed by atoms with Crippen molar-refractivity contribution in [2.24, 2.45) is 0 Å². The van der Waals surface area contributed by atoms with Crippen LogP contribution in [0, 0.1) is 6.67 Å². The first-order valence-electron chi connectivity index (χ1n) is 2.59. The Kier molecular flexibility index (Phi) is 1.30. The number of hydrogen-bond donors (Lipinski definition) is 1. The van der Waals surface area contributed by atoms with E-state index in [1.807, 2.05) is 6.67 Å². The van der Waals surface area contributed by atoms with Crippen molar-refractivity contribution in [3.63, 3.8) is 0 Å². The summed E-state index contributed by atoms with van der Waals surface area (Å²) >= 11 is 0. The van der Waals surface area contributed by atoms with E-state index in [-0.39, 0.29) is 0 Å². The van der Waals surface area contributed by atoms with Gasteiger partial charge in [-0.3, -0.25) is 10.2 Å². The third-order valence-corrected chi connectivity index (χ3v) is 1.40. The lowest BCUT2D eigenvalue weighted by Crippen LogP contribution is -2.20. The summed E-state index contributed by atoms with van der Waals surface area (Å²) in [6, 6.07) is 0.681. The van der Waals surface area contributed by atoms with E-state index < -0.39 is 0 Å². The van der Waals surface area contributed by atoms with E-state index in [4.69, 9.17) is 0 Å². The molecule has 2 heteroatoms. The Balaban J connectivity index is 2.33. The third-order valence-electron chi connectivity index (χ3n) is 1.40. The van der Waals surface area contributed by atoms with Gasteiger partial charge < -0.3 is 0 Å². The van der Waals surface area contributed by atoms with Gasteiger partial charge in [-0.25, -0.2) is 0 Å². The molecular weight excluding hydrogens is 88.1 g/mol. The minimum Gasteiger partial charge on any atom is -0.298 e. The van der Waals surface area contributed by atoms with Crippen molar-refractivity contribution >= 4 is 0 Å². The number of likely N-dealkylation sites (N-methyl/N-ethyl adjacent to an activating group) is 1. The standard InChI is InChI=1S/C5H11N2/c1-5-3-6-4-7(5)2/h4-6H,3H2,1-2H3. The molecule has 1 N–H and O–H groups in total. The normalized spacial score (nSPS) is 34.3. The van der Waals surface area contributed by atoms with Crippen LogP contribution in [0.4, 0.5) is 0 Å². The van der Waals surface area contributed by atoms with Crippen LogP contribution in [-0.2, 0) is 0 Å². The smallest absolute Gasteiger partial charge is 0.0894 e. The molecule has 0 aromatic rings. The van der Waals surface area contributed by atoms with E-state index in [0.29, 0.717) is 6.04 Å². The topological polar surface area (TPSA) is 15.3 Å². The minimum atomic E-state index is 0.681. The average Bonchev–Trinajstić information content (AvgIpc) is 1.91. The molecule has 1 aliphatic heterocycles. The highest BCUT2D eigenvalue weighted by molar-refractivity contribution is 4.79. The molecule has 1 unspecified atom stereocenters. The van der Waals surface area contributed by atoms with E-state index in [9.17, 15) is 0 Å². The molecule has 1 rings (SSSR count). The van der Waals surface area contributed by atoms with Gasteiger partial charge in [0.15, 0.2) is 0 Å². The van der Waals surface area contributed by atoms with Crippen molar-refractivity contribution < 1.29 is 0 Å². The lowest BCUT2D eigenvalue weighted by atomic mass is 10.3. The summed E-state index contributed by atoms with van der Waals surface area (Å²) in [7, 11) is 2.07. The molecule has 0 saturated carbocycles. The zero-order valence-electron chi connectivity index (χ0n) is 4.81. The predicted octanol–water partition coefficient (Wildman–Crippen LogP) is 0.0292. The highest BCUT2D eigenvalue weighted by Gasteiger charge is 2.14. The van der Waals surface area contributed by atoms with Crippen molar-refractivity contribution in [1.29, 1.82) is 0 Å². The van der Waals surface area contributed by atoms with Gasteiger partial charge in [0.05, 0.1) is 6.67 Å². The lowest BCUT2D eigenvalue weighted by Gasteiger charge is -2.09. The lowest BCUT2D eigenvalue weighted by molar-refractivity contribution is 0.380. The molecule has 0 amide bonds. The van der Waals surface area contributed by atoms with Gasteiger partial charge in [-0.2, -0.15) is 0 Å². The van der Waals surface area contributed by atoms with Gasteiger partial charge in [-0.05, 0) is 14.0 Å². The summed E-state index contributed by atoms with van der Waals surface area (Å²) in [6.07, 6.45) is 0. The van der Waals surface area contributed by atoms with Crippen LogP contribution >= 0.6 is 0 Å². The van der Waals surface area contributed by atoms with Crippen LogP contribution in [0.5, 0.6) is 0 Å². The second-order valence-electron chi connectivity index (χ2n) is 2.05. The Bertz CT molecular complexity index is 55.1. The predicted molar refractivity (Wildman–Crippen MR) is 29.5 cm³/mol. The molecule has 0 bridgehead atoms. The first-order chi connectivity index (χ1) is 3.30. The number of nitrogens with zero attached hydrogens (tertiary/aromatic N) is 1. The quantitative estimate of drug-likeness (QED) is 0.461. The average molecular weight is 99.2 g/mol. The largest absolute Gasteiger partial charge is 0.298 e. The number of hydrogen-bond acceptors (Lipinski definition) is 2. The number of rotatable bonds is 0. The van der Waals surface area contributed by atoms with Crippen molar-refractivity contribution in [2.45, 2.75) is 13.0 Å². The van der Waals surface area contributed by atoms with Gasteiger partial charge in [-0.15, -0.1) is 0 Å². The Morgan fingerprint density at radius 1 is 1.86 bits per heavy atom. The van der Waals surface area contributed by atoms with Crippen LogP contribution in [0.15, 0.2) is 0 Å². The maximum atomic E-state index is 3.12. The fraction of sp³-hybridized carbons (Fsp3) is 0.800. The van der Waals surface area contributed by atoms with Gasteiger partial charge in [0.25, 0.3) is 0 Å². The molecular formula is C5H11N2. The molecule has 2 nitrogen and oxygen atoms in total. The maximum absolute atomic E-state index is 3.12. The van der Waals surface area contributed by atoms with Crippen molar-refractivity contribution in [1.82, 2.24) is 10.2 Å². The first-order valence-corrected chi connectivity index (χ1v) is 2.59. The summed E-state index contributed by atoms with van der Waals surface area (Å²) in [4.78, 5) is 2.17. The Hall–Kier alpha value is -0.0800. The van der Waals surface area contributed by atoms with Gasteiger partial charge in [0.1, 0.15) is 0 Å². The van der Waals surface area contributed by atoms with Crippen LogP contribution < -0.4 is 5.32 Å². The van der Waals surface area contributed by atoms with Crippen molar-refractivity contribution in [2.75, 3.05) is 13.6 Å². The fourth-order valence-corrected chi connectivity index (χ4v) is 0.638. The molecule has 7 heavy (non-hydrogen) atoms. The minimum absolute atomic E-state index is 0.681. The molecule has 1 aliphatic rings. The molecule has 1 radical (unpaired) electrons. The second kappa shape index (κ2) is 1.80. The maximum Gasteiger partial charge on any atom is 0.0894 e. The van der Waals surface area contributed by atoms with E-state index in [0.717, 1.165) is 6.54 Å². The molecule has 0 aromatic heterocycles. The van der Waals surface area contributed by atoms with Gasteiger partial charge in [0.2, 0.25) is 0 Å². The zero-order chi connectivity index (χ0) is 5.28. The first kappa shape index (κ1) is 5.06. The van der Waals surface area contributed by atoms with Gasteiger partial charge in [0, 0.05) is 12.6 Å². The third kappa shape index (κ3) is 0.924. The van der Waals surface area contributed by atoms with Crippen LogP contribution in [0.2, 0.25) is 0 Å². The molecule has 1 atom stereocenters. The summed E-state index contributed by atoms with van der Waals surface area (Å²) in [5.41, 5.74) is 0. The Morgan fingerprint density at radius 2 is 2.57 bits per heavy atom. The highest BCUT2D eigenvalue weighted by Crippen LogP contribution is 2.00. The monoisotopic (exact) mass is 99.1 g/mol. The molecule has 0 aromatic carbocycles. The molecule has 1 heterocycles. The summed E-state index contributed by atoms with van der Waals surface area (Å²) in [5, 5.41) is 3.12. The highest BCUT2D eigenvalue weighted by atomic mass is 15.3. The molecule has 41 valence electrons. The number of nitrogens with one attached hydrogen (secondary N) is 1. The van der Waals surface area contributed by atoms with Gasteiger partial charge in [-0.1, -0.05) is 0 Å². The molecule has 1 saturated heterocycles. The Labute approximate surface area is 44.5 Å². The van der Waals surface area contributed by atoms with E-state index in [1.54, 1.807) is 0 Å². The second-order valence-corrected chi connectivity index (χ2v) is 2.05. The molecule has 1 fully saturated rings. The van der Waals surface area contributed by atoms with Crippen LogP contribution in [0.1, 0.15) is 6.92 Å². The Morgan fingerprint density at radius 3 is 2.71 bits per heavy atom.